The van der Waals surface area contributed by atoms with Crippen molar-refractivity contribution in [1.29, 1.82) is 0 Å². The van der Waals surface area contributed by atoms with Crippen LogP contribution in [0.25, 0.3) is 22.6 Å². The lowest BCUT2D eigenvalue weighted by atomic mass is 10.2. The summed E-state index contributed by atoms with van der Waals surface area (Å²) < 4.78 is 2.14. The SMILES string of the molecule is CCCn1c(-c2cccc(=O)[nH]2)nc2cc(CN)ccc21. The summed E-state index contributed by atoms with van der Waals surface area (Å²) in [5.41, 5.74) is 9.34. The molecule has 0 saturated heterocycles. The van der Waals surface area contributed by atoms with Crippen molar-refractivity contribution in [2.45, 2.75) is 26.4 Å². The highest BCUT2D eigenvalue weighted by Gasteiger charge is 2.13. The molecule has 0 spiro atoms. The molecule has 0 saturated carbocycles. The van der Waals surface area contributed by atoms with Crippen molar-refractivity contribution in [2.75, 3.05) is 0 Å². The molecule has 0 aliphatic rings. The first-order valence-corrected chi connectivity index (χ1v) is 7.12. The number of aromatic amines is 1. The Labute approximate surface area is 122 Å². The van der Waals surface area contributed by atoms with Crippen molar-refractivity contribution in [3.63, 3.8) is 0 Å². The summed E-state index contributed by atoms with van der Waals surface area (Å²) in [7, 11) is 0. The zero-order chi connectivity index (χ0) is 14.8. The van der Waals surface area contributed by atoms with Crippen molar-refractivity contribution in [2.24, 2.45) is 5.73 Å². The lowest BCUT2D eigenvalue weighted by Gasteiger charge is -2.07. The van der Waals surface area contributed by atoms with Crippen LogP contribution in [0.1, 0.15) is 18.9 Å². The third-order valence-electron chi connectivity index (χ3n) is 3.50. The number of nitrogens with two attached hydrogens (primary N) is 1. The largest absolute Gasteiger partial charge is 0.326 e. The van der Waals surface area contributed by atoms with Gasteiger partial charge in [-0.1, -0.05) is 19.1 Å². The van der Waals surface area contributed by atoms with E-state index in [1.807, 2.05) is 24.3 Å². The Morgan fingerprint density at radius 2 is 2.14 bits per heavy atom. The highest BCUT2D eigenvalue weighted by Crippen LogP contribution is 2.24. The maximum Gasteiger partial charge on any atom is 0.248 e. The van der Waals surface area contributed by atoms with E-state index >= 15 is 0 Å². The van der Waals surface area contributed by atoms with E-state index in [1.165, 1.54) is 6.07 Å². The molecule has 5 heteroatoms. The minimum atomic E-state index is -0.120. The Balaban J connectivity index is 2.25. The van der Waals surface area contributed by atoms with E-state index in [1.54, 1.807) is 6.07 Å². The number of nitrogens with zero attached hydrogens (tertiary/aromatic N) is 2. The number of rotatable bonds is 4. The number of benzene rings is 1. The van der Waals surface area contributed by atoms with Gasteiger partial charge in [0, 0.05) is 19.2 Å². The van der Waals surface area contributed by atoms with E-state index in [2.05, 4.69) is 21.5 Å². The van der Waals surface area contributed by atoms with Gasteiger partial charge in [-0.25, -0.2) is 4.98 Å². The maximum absolute atomic E-state index is 11.5. The number of nitrogens with one attached hydrogen (secondary N) is 1. The topological polar surface area (TPSA) is 76.7 Å². The Hall–Kier alpha value is -2.40. The predicted molar refractivity (Wildman–Crippen MR) is 84.0 cm³/mol. The molecular formula is C16H18N4O. The van der Waals surface area contributed by atoms with Gasteiger partial charge in [0.25, 0.3) is 0 Å². The number of pyridine rings is 1. The van der Waals surface area contributed by atoms with Gasteiger partial charge in [-0.2, -0.15) is 0 Å². The summed E-state index contributed by atoms with van der Waals surface area (Å²) in [5, 5.41) is 0. The zero-order valence-corrected chi connectivity index (χ0v) is 12.0. The molecule has 2 aromatic heterocycles. The molecule has 3 rings (SSSR count). The molecule has 0 unspecified atom stereocenters. The van der Waals surface area contributed by atoms with Crippen LogP contribution in [0.4, 0.5) is 0 Å². The summed E-state index contributed by atoms with van der Waals surface area (Å²) in [4.78, 5) is 19.1. The Kier molecular flexibility index (Phi) is 3.58. The highest BCUT2D eigenvalue weighted by molar-refractivity contribution is 5.80. The molecule has 3 N–H and O–H groups in total. The molecule has 5 nitrogen and oxygen atoms in total. The number of aromatic nitrogens is 3. The molecule has 3 aromatic rings. The van der Waals surface area contributed by atoms with Crippen molar-refractivity contribution in [1.82, 2.24) is 14.5 Å². The van der Waals surface area contributed by atoms with Gasteiger partial charge in [0.05, 0.1) is 16.7 Å². The average Bonchev–Trinajstić information content (AvgIpc) is 2.85. The van der Waals surface area contributed by atoms with Gasteiger partial charge in [0.15, 0.2) is 5.82 Å². The minimum Gasteiger partial charge on any atom is -0.326 e. The van der Waals surface area contributed by atoms with Gasteiger partial charge in [-0.3, -0.25) is 4.79 Å². The molecule has 0 amide bonds. The second kappa shape index (κ2) is 5.54. The predicted octanol–water partition coefficient (Wildman–Crippen LogP) is 2.26. The number of hydrogen-bond acceptors (Lipinski definition) is 3. The van der Waals surface area contributed by atoms with Gasteiger partial charge in [0.2, 0.25) is 5.56 Å². The first-order chi connectivity index (χ1) is 10.2. The summed E-state index contributed by atoms with van der Waals surface area (Å²) >= 11 is 0. The van der Waals surface area contributed by atoms with Gasteiger partial charge >= 0.3 is 0 Å². The van der Waals surface area contributed by atoms with E-state index in [9.17, 15) is 4.79 Å². The monoisotopic (exact) mass is 282 g/mol. The van der Waals surface area contributed by atoms with E-state index in [4.69, 9.17) is 5.73 Å². The highest BCUT2D eigenvalue weighted by atomic mass is 16.1. The van der Waals surface area contributed by atoms with Crippen LogP contribution < -0.4 is 11.3 Å². The molecule has 1 aromatic carbocycles. The van der Waals surface area contributed by atoms with Crippen LogP contribution in [0.5, 0.6) is 0 Å². The van der Waals surface area contributed by atoms with Crippen LogP contribution in [0, 0.1) is 0 Å². The Morgan fingerprint density at radius 3 is 2.86 bits per heavy atom. The van der Waals surface area contributed by atoms with E-state index in [-0.39, 0.29) is 5.56 Å². The fourth-order valence-electron chi connectivity index (χ4n) is 2.54. The number of aryl methyl sites for hydroxylation is 1. The molecule has 0 radical (unpaired) electrons. The fraction of sp³-hybridized carbons (Fsp3) is 0.250. The first kappa shape index (κ1) is 13.6. The molecule has 0 aliphatic carbocycles. The fourth-order valence-corrected chi connectivity index (χ4v) is 2.54. The maximum atomic E-state index is 11.5. The van der Waals surface area contributed by atoms with Crippen molar-refractivity contribution in [3.05, 3.63) is 52.3 Å². The average molecular weight is 282 g/mol. The molecule has 108 valence electrons. The molecular weight excluding hydrogens is 264 g/mol. The summed E-state index contributed by atoms with van der Waals surface area (Å²) in [6.07, 6.45) is 0.994. The number of fused-ring (bicyclic) bond motifs is 1. The lowest BCUT2D eigenvalue weighted by molar-refractivity contribution is 0.702. The van der Waals surface area contributed by atoms with Crippen molar-refractivity contribution < 1.29 is 0 Å². The van der Waals surface area contributed by atoms with Crippen molar-refractivity contribution in [3.8, 4) is 11.5 Å². The second-order valence-corrected chi connectivity index (χ2v) is 5.04. The number of hydrogen-bond donors (Lipinski definition) is 2. The molecule has 0 atom stereocenters. The Bertz CT molecular complexity index is 832. The molecule has 0 fully saturated rings. The third kappa shape index (κ3) is 2.48. The summed E-state index contributed by atoms with van der Waals surface area (Å²) in [6.45, 7) is 3.47. The molecule has 0 aliphatic heterocycles. The second-order valence-electron chi connectivity index (χ2n) is 5.04. The number of imidazole rings is 1. The lowest BCUT2D eigenvalue weighted by Crippen LogP contribution is -2.07. The quantitative estimate of drug-likeness (QED) is 0.770. The molecule has 2 heterocycles. The van der Waals surface area contributed by atoms with E-state index in [0.29, 0.717) is 6.54 Å². The van der Waals surface area contributed by atoms with Crippen LogP contribution in [0.3, 0.4) is 0 Å². The molecule has 21 heavy (non-hydrogen) atoms. The third-order valence-corrected chi connectivity index (χ3v) is 3.50. The minimum absolute atomic E-state index is 0.120. The zero-order valence-electron chi connectivity index (χ0n) is 12.0. The van der Waals surface area contributed by atoms with Crippen LogP contribution in [0.15, 0.2) is 41.2 Å². The standard InChI is InChI=1S/C16H18N4O/c1-2-8-20-14-7-6-11(10-17)9-13(14)19-16(20)12-4-3-5-15(21)18-12/h3-7,9H,2,8,10,17H2,1H3,(H,18,21). The molecule has 0 bridgehead atoms. The summed E-state index contributed by atoms with van der Waals surface area (Å²) in [6, 6.07) is 11.2. The van der Waals surface area contributed by atoms with Gasteiger partial charge < -0.3 is 15.3 Å². The summed E-state index contributed by atoms with van der Waals surface area (Å²) in [5.74, 6) is 0.790. The van der Waals surface area contributed by atoms with Crippen LogP contribution in [0.2, 0.25) is 0 Å². The Morgan fingerprint density at radius 1 is 1.29 bits per heavy atom. The van der Waals surface area contributed by atoms with Crippen LogP contribution in [-0.4, -0.2) is 14.5 Å². The van der Waals surface area contributed by atoms with Gasteiger partial charge in [-0.05, 0) is 30.2 Å². The number of H-pyrrole nitrogens is 1. The smallest absolute Gasteiger partial charge is 0.248 e. The van der Waals surface area contributed by atoms with E-state index in [0.717, 1.165) is 41.1 Å². The van der Waals surface area contributed by atoms with Gasteiger partial charge in [0.1, 0.15) is 0 Å². The van der Waals surface area contributed by atoms with Crippen LogP contribution in [-0.2, 0) is 13.1 Å². The first-order valence-electron chi connectivity index (χ1n) is 7.12. The normalized spacial score (nSPS) is 11.1. The van der Waals surface area contributed by atoms with Crippen molar-refractivity contribution >= 4 is 11.0 Å². The van der Waals surface area contributed by atoms with Gasteiger partial charge in [-0.15, -0.1) is 0 Å². The van der Waals surface area contributed by atoms with E-state index < -0.39 is 0 Å². The van der Waals surface area contributed by atoms with Crippen LogP contribution >= 0.6 is 0 Å².